The van der Waals surface area contributed by atoms with Crippen molar-refractivity contribution >= 4 is 22.2 Å². The van der Waals surface area contributed by atoms with Gasteiger partial charge in [0, 0.05) is 31.6 Å². The van der Waals surface area contributed by atoms with Crippen molar-refractivity contribution in [2.75, 3.05) is 32.8 Å². The number of likely N-dealkylation sites (tertiary alicyclic amines) is 2. The number of piperidine rings is 1. The van der Waals surface area contributed by atoms with Gasteiger partial charge in [-0.15, -0.1) is 0 Å². The number of hydrogen-bond donors (Lipinski definition) is 1. The molecule has 0 bridgehead atoms. The Balaban J connectivity index is 1.14. The first-order valence-electron chi connectivity index (χ1n) is 10.5. The van der Waals surface area contributed by atoms with E-state index in [0.29, 0.717) is 63.1 Å². The van der Waals surface area contributed by atoms with Crippen LogP contribution in [0.25, 0.3) is 0 Å². The Bertz CT molecular complexity index is 958. The Hall–Kier alpha value is -2.08. The van der Waals surface area contributed by atoms with Crippen molar-refractivity contribution in [3.63, 3.8) is 0 Å². The lowest BCUT2D eigenvalue weighted by atomic mass is 9.56. The van der Waals surface area contributed by atoms with Crippen LogP contribution in [0.5, 0.6) is 0 Å². The highest BCUT2D eigenvalue weighted by molar-refractivity contribution is 8.45. The maximum Gasteiger partial charge on any atom is 0.320 e. The number of amides is 3. The van der Waals surface area contributed by atoms with Gasteiger partial charge in [-0.25, -0.2) is 4.79 Å². The van der Waals surface area contributed by atoms with E-state index in [-0.39, 0.29) is 42.0 Å². The predicted octanol–water partition coefficient (Wildman–Crippen LogP) is 4.23. The van der Waals surface area contributed by atoms with Crippen molar-refractivity contribution in [3.8, 4) is 0 Å². The van der Waals surface area contributed by atoms with Gasteiger partial charge in [0.05, 0.1) is 12.1 Å². The van der Waals surface area contributed by atoms with Gasteiger partial charge in [-0.2, -0.15) is 0 Å². The fourth-order valence-corrected chi connectivity index (χ4v) is 6.10. The van der Waals surface area contributed by atoms with Crippen LogP contribution in [-0.4, -0.2) is 66.7 Å². The summed E-state index contributed by atoms with van der Waals surface area (Å²) in [5, 5.41) is 2.87. The minimum Gasteiger partial charge on any atom is -0.366 e. The number of morpholine rings is 1. The third kappa shape index (κ3) is 3.91. The maximum atomic E-state index is 12.9. The Morgan fingerprint density at radius 1 is 1.06 bits per heavy atom. The summed E-state index contributed by atoms with van der Waals surface area (Å²) in [7, 11) is -9.65. The van der Waals surface area contributed by atoms with E-state index < -0.39 is 15.1 Å². The summed E-state index contributed by atoms with van der Waals surface area (Å²) in [6.45, 7) is 2.15. The van der Waals surface area contributed by atoms with E-state index in [2.05, 4.69) is 5.32 Å². The molecule has 0 aromatic heterocycles. The second-order valence-corrected chi connectivity index (χ2v) is 11.9. The predicted molar refractivity (Wildman–Crippen MR) is 107 cm³/mol. The van der Waals surface area contributed by atoms with Gasteiger partial charge < -0.3 is 19.9 Å². The number of carbonyl (C=O) groups excluding carboxylic acids is 2. The Morgan fingerprint density at radius 2 is 1.72 bits per heavy atom. The Kier molecular flexibility index (Phi) is 4.27. The first-order valence-corrected chi connectivity index (χ1v) is 12.5. The molecule has 1 saturated carbocycles. The SMILES string of the molecule is O=C1CO[C@H]2CCN(C(=O)N3CC4(CC(c5ccc(S(F)(F)(F)(F)F)cc5)C4)C3)C[C@H]2N1. The molecule has 6 nitrogen and oxygen atoms in total. The summed E-state index contributed by atoms with van der Waals surface area (Å²) in [6, 6.07) is 2.92. The summed E-state index contributed by atoms with van der Waals surface area (Å²) < 4.78 is 69.9. The first-order chi connectivity index (χ1) is 14.7. The first kappa shape index (κ1) is 21.7. The van der Waals surface area contributed by atoms with Crippen molar-refractivity contribution in [1.29, 1.82) is 0 Å². The van der Waals surface area contributed by atoms with Crippen molar-refractivity contribution in [2.45, 2.75) is 42.2 Å². The van der Waals surface area contributed by atoms with E-state index >= 15 is 0 Å². The van der Waals surface area contributed by atoms with E-state index in [1.807, 2.05) is 0 Å². The summed E-state index contributed by atoms with van der Waals surface area (Å²) in [4.78, 5) is 26.0. The number of benzene rings is 1. The van der Waals surface area contributed by atoms with Gasteiger partial charge in [0.15, 0.2) is 0 Å². The highest BCUT2D eigenvalue weighted by Gasteiger charge is 2.65. The number of halogens is 5. The fourth-order valence-electron chi connectivity index (χ4n) is 5.45. The minimum absolute atomic E-state index is 0.00479. The highest BCUT2D eigenvalue weighted by atomic mass is 32.5. The molecule has 1 spiro atoms. The second kappa shape index (κ2) is 6.28. The molecule has 2 atom stereocenters. The molecule has 1 aromatic rings. The molecular formula is C20H24F5N3O3S. The molecule has 3 saturated heterocycles. The molecule has 3 aliphatic heterocycles. The number of urea groups is 1. The smallest absolute Gasteiger partial charge is 0.320 e. The molecule has 3 heterocycles. The zero-order valence-electron chi connectivity index (χ0n) is 17.1. The van der Waals surface area contributed by atoms with Gasteiger partial charge in [-0.1, -0.05) is 31.6 Å². The molecular weight excluding hydrogens is 457 g/mol. The molecule has 1 N–H and O–H groups in total. The lowest BCUT2D eigenvalue weighted by Gasteiger charge is -2.60. The molecule has 1 aromatic carbocycles. The Morgan fingerprint density at radius 3 is 2.34 bits per heavy atom. The van der Waals surface area contributed by atoms with E-state index in [4.69, 9.17) is 4.74 Å². The number of rotatable bonds is 2. The van der Waals surface area contributed by atoms with Crippen molar-refractivity contribution < 1.29 is 33.8 Å². The molecule has 12 heteroatoms. The molecule has 3 amide bonds. The van der Waals surface area contributed by atoms with E-state index in [1.165, 1.54) is 0 Å². The van der Waals surface area contributed by atoms with E-state index in [0.717, 1.165) is 12.1 Å². The average Bonchev–Trinajstić information content (AvgIpc) is 2.63. The normalized spacial score (nSPS) is 29.8. The molecule has 0 radical (unpaired) electrons. The minimum atomic E-state index is -9.65. The molecule has 0 unspecified atom stereocenters. The van der Waals surface area contributed by atoms with Crippen LogP contribution in [0.1, 0.15) is 30.7 Å². The van der Waals surface area contributed by atoms with E-state index in [9.17, 15) is 29.0 Å². The molecule has 178 valence electrons. The van der Waals surface area contributed by atoms with Gasteiger partial charge in [-0.3, -0.25) is 4.79 Å². The molecule has 4 aliphatic rings. The van der Waals surface area contributed by atoms with Crippen molar-refractivity contribution in [2.24, 2.45) is 5.41 Å². The lowest BCUT2D eigenvalue weighted by Crippen LogP contribution is -2.68. The van der Waals surface area contributed by atoms with Crippen molar-refractivity contribution in [3.05, 3.63) is 29.8 Å². The lowest BCUT2D eigenvalue weighted by molar-refractivity contribution is -0.140. The zero-order chi connectivity index (χ0) is 23.0. The molecule has 32 heavy (non-hydrogen) atoms. The number of nitrogens with zero attached hydrogens (tertiary/aromatic N) is 2. The van der Waals surface area contributed by atoms with Crippen LogP contribution in [0.4, 0.5) is 24.2 Å². The average molecular weight is 481 g/mol. The van der Waals surface area contributed by atoms with E-state index in [1.54, 1.807) is 9.80 Å². The van der Waals surface area contributed by atoms with Crippen LogP contribution in [-0.2, 0) is 9.53 Å². The standard InChI is InChI=1S/C20H24F5N3O3S/c21-32(22,23,24,25)15-3-1-13(2-4-15)14-7-20(8-14)11-28(12-20)19(30)27-6-5-17-16(9-27)26-18(29)10-31-17/h1-4,14,16-17H,5-12H2,(H,26,29)/t16-,17+/m1/s1. The summed E-state index contributed by atoms with van der Waals surface area (Å²) >= 11 is 0. The molecule has 4 fully saturated rings. The van der Waals surface area contributed by atoms with Crippen LogP contribution < -0.4 is 5.32 Å². The van der Waals surface area contributed by atoms with Gasteiger partial charge >= 0.3 is 16.3 Å². The Labute approximate surface area is 181 Å². The quantitative estimate of drug-likeness (QED) is 0.643. The number of fused-ring (bicyclic) bond motifs is 1. The third-order valence-electron chi connectivity index (χ3n) is 7.07. The van der Waals surface area contributed by atoms with Crippen molar-refractivity contribution in [1.82, 2.24) is 15.1 Å². The number of ether oxygens (including phenoxy) is 1. The number of hydrogen-bond acceptors (Lipinski definition) is 3. The zero-order valence-corrected chi connectivity index (χ0v) is 17.9. The van der Waals surface area contributed by atoms with Gasteiger partial charge in [0.2, 0.25) is 5.91 Å². The summed E-state index contributed by atoms with van der Waals surface area (Å²) in [6.07, 6.45) is 2.01. The third-order valence-corrected chi connectivity index (χ3v) is 8.24. The number of nitrogens with one attached hydrogen (secondary N) is 1. The monoisotopic (exact) mass is 481 g/mol. The van der Waals surface area contributed by atoms with Crippen LogP contribution >= 0.6 is 10.2 Å². The fraction of sp³-hybridized carbons (Fsp3) is 0.600. The van der Waals surface area contributed by atoms with Crippen LogP contribution in [0.15, 0.2) is 29.2 Å². The maximum absolute atomic E-state index is 12.9. The van der Waals surface area contributed by atoms with Gasteiger partial charge in [0.1, 0.15) is 11.5 Å². The van der Waals surface area contributed by atoms with Crippen LogP contribution in [0.3, 0.4) is 0 Å². The largest absolute Gasteiger partial charge is 0.366 e. The number of carbonyl (C=O) groups is 2. The summed E-state index contributed by atoms with van der Waals surface area (Å²) in [5.41, 5.74) is 0.556. The summed E-state index contributed by atoms with van der Waals surface area (Å²) in [5.74, 6) is -0.178. The highest BCUT2D eigenvalue weighted by Crippen LogP contribution is 3.02. The molecule has 5 rings (SSSR count). The van der Waals surface area contributed by atoms with Crippen LogP contribution in [0, 0.1) is 5.41 Å². The van der Waals surface area contributed by atoms with Gasteiger partial charge in [-0.05, 0) is 42.9 Å². The second-order valence-electron chi connectivity index (χ2n) is 9.54. The molecule has 1 aliphatic carbocycles. The topological polar surface area (TPSA) is 61.9 Å². The van der Waals surface area contributed by atoms with Gasteiger partial charge in [0.25, 0.3) is 0 Å². The van der Waals surface area contributed by atoms with Crippen LogP contribution in [0.2, 0.25) is 0 Å².